The first-order chi connectivity index (χ1) is 8.04. The van der Waals surface area contributed by atoms with Gasteiger partial charge in [-0.2, -0.15) is 4.98 Å². The van der Waals surface area contributed by atoms with Gasteiger partial charge in [-0.25, -0.2) is 13.6 Å². The average Bonchev–Trinajstić information content (AvgIpc) is 2.16. The van der Waals surface area contributed by atoms with Crippen molar-refractivity contribution in [3.63, 3.8) is 0 Å². The Hall–Kier alpha value is -0.820. The zero-order valence-electron chi connectivity index (χ0n) is 8.66. The minimum Gasteiger partial charge on any atom is -0.480 e. The van der Waals surface area contributed by atoms with Gasteiger partial charge in [0.25, 0.3) is 0 Å². The topological polar surface area (TPSA) is 91.5 Å². The van der Waals surface area contributed by atoms with Gasteiger partial charge in [-0.15, -0.1) is 13.2 Å². The number of hydrogen-bond donors (Lipinski definition) is 1. The number of rotatable bonds is 3. The highest BCUT2D eigenvalue weighted by Crippen LogP contribution is 2.31. The molecule has 0 aromatic carbocycles. The lowest BCUT2D eigenvalue weighted by Gasteiger charge is -2.12. The van der Waals surface area contributed by atoms with Crippen molar-refractivity contribution in [2.24, 2.45) is 5.14 Å². The lowest BCUT2D eigenvalue weighted by atomic mass is 10.4. The molecule has 0 aliphatic rings. The van der Waals surface area contributed by atoms with Crippen molar-refractivity contribution < 1.29 is 31.1 Å². The van der Waals surface area contributed by atoms with Crippen molar-refractivity contribution in [3.8, 4) is 11.8 Å². The summed E-state index contributed by atoms with van der Waals surface area (Å²) in [6.45, 7) is 0. The second-order valence-corrected chi connectivity index (χ2v) is 5.48. The van der Waals surface area contributed by atoms with Crippen molar-refractivity contribution in [1.82, 2.24) is 4.98 Å². The zero-order chi connectivity index (χ0) is 14.1. The number of aromatic nitrogens is 1. The van der Waals surface area contributed by atoms with E-state index >= 15 is 0 Å². The van der Waals surface area contributed by atoms with E-state index < -0.39 is 27.2 Å². The normalized spacial score (nSPS) is 12.3. The van der Waals surface area contributed by atoms with Crippen LogP contribution in [-0.2, 0) is 10.0 Å². The largest absolute Gasteiger partial charge is 0.574 e. The number of pyridine rings is 1. The standard InChI is InChI=1S/C7H6F3IN2O4S/c1-16-6-5(11)3(18(12,14)15)2-4(13-6)17-7(8,9)10/h2H,1H3,(H2,12,14,15). The summed E-state index contributed by atoms with van der Waals surface area (Å²) in [6, 6.07) is 0.577. The van der Waals surface area contributed by atoms with E-state index in [4.69, 9.17) is 5.14 Å². The number of nitrogens with two attached hydrogens (primary N) is 1. The maximum absolute atomic E-state index is 12.0. The molecule has 6 nitrogen and oxygen atoms in total. The Balaban J connectivity index is 3.41. The highest BCUT2D eigenvalue weighted by molar-refractivity contribution is 14.1. The molecular weight excluding hydrogens is 392 g/mol. The third-order valence-electron chi connectivity index (χ3n) is 1.59. The minimum absolute atomic E-state index is 0.0351. The molecule has 2 N–H and O–H groups in total. The summed E-state index contributed by atoms with van der Waals surface area (Å²) in [6.07, 6.45) is -5.00. The molecule has 0 spiro atoms. The van der Waals surface area contributed by atoms with Crippen LogP contribution < -0.4 is 14.6 Å². The Kier molecular flexibility index (Phi) is 4.27. The highest BCUT2D eigenvalue weighted by atomic mass is 127. The Morgan fingerprint density at radius 1 is 1.44 bits per heavy atom. The zero-order valence-corrected chi connectivity index (χ0v) is 11.6. The Labute approximate surface area is 113 Å². The summed E-state index contributed by atoms with van der Waals surface area (Å²) in [5.41, 5.74) is 0. The molecule has 0 amide bonds. The molecule has 11 heteroatoms. The van der Waals surface area contributed by atoms with Gasteiger partial charge in [0.1, 0.15) is 4.90 Å². The summed E-state index contributed by atoms with van der Waals surface area (Å²) in [5.74, 6) is -1.30. The summed E-state index contributed by atoms with van der Waals surface area (Å²) in [7, 11) is -3.10. The lowest BCUT2D eigenvalue weighted by molar-refractivity contribution is -0.276. The van der Waals surface area contributed by atoms with Crippen molar-refractivity contribution in [1.29, 1.82) is 0 Å². The number of primary sulfonamides is 1. The monoisotopic (exact) mass is 398 g/mol. The van der Waals surface area contributed by atoms with E-state index in [1.165, 1.54) is 22.6 Å². The van der Waals surface area contributed by atoms with Gasteiger partial charge < -0.3 is 9.47 Å². The third kappa shape index (κ3) is 3.84. The number of sulfonamides is 1. The van der Waals surface area contributed by atoms with Gasteiger partial charge in [-0.1, -0.05) is 0 Å². The number of halogens is 4. The van der Waals surface area contributed by atoms with Crippen LogP contribution in [0.4, 0.5) is 13.2 Å². The molecule has 1 rings (SSSR count). The van der Waals surface area contributed by atoms with Crippen LogP contribution in [0.3, 0.4) is 0 Å². The number of nitrogens with zero attached hydrogens (tertiary/aromatic N) is 1. The molecule has 0 aliphatic heterocycles. The molecule has 0 atom stereocenters. The Bertz CT molecular complexity index is 561. The molecule has 102 valence electrons. The molecule has 0 radical (unpaired) electrons. The molecule has 0 aliphatic carbocycles. The first kappa shape index (κ1) is 15.2. The molecule has 0 saturated heterocycles. The van der Waals surface area contributed by atoms with E-state index in [-0.39, 0.29) is 9.45 Å². The van der Waals surface area contributed by atoms with Crippen molar-refractivity contribution in [2.75, 3.05) is 7.11 Å². The van der Waals surface area contributed by atoms with Crippen molar-refractivity contribution >= 4 is 32.6 Å². The van der Waals surface area contributed by atoms with Crippen LogP contribution >= 0.6 is 22.6 Å². The van der Waals surface area contributed by atoms with Gasteiger partial charge in [0, 0.05) is 6.07 Å². The van der Waals surface area contributed by atoms with Gasteiger partial charge >= 0.3 is 6.36 Å². The predicted molar refractivity (Wildman–Crippen MR) is 61.6 cm³/mol. The summed E-state index contributed by atoms with van der Waals surface area (Å²) in [5, 5.41) is 4.86. The summed E-state index contributed by atoms with van der Waals surface area (Å²) in [4.78, 5) is 2.80. The smallest absolute Gasteiger partial charge is 0.480 e. The number of alkyl halides is 3. The molecular formula is C7H6F3IN2O4S. The van der Waals surface area contributed by atoms with Crippen LogP contribution in [0.2, 0.25) is 0 Å². The SMILES string of the molecule is COc1nc(OC(F)(F)F)cc(S(N)(=O)=O)c1I. The van der Waals surface area contributed by atoms with Gasteiger partial charge in [0.15, 0.2) is 0 Å². The van der Waals surface area contributed by atoms with E-state index in [0.717, 1.165) is 7.11 Å². The van der Waals surface area contributed by atoms with Crippen molar-refractivity contribution in [3.05, 3.63) is 9.64 Å². The van der Waals surface area contributed by atoms with E-state index in [1.54, 1.807) is 0 Å². The fourth-order valence-corrected chi connectivity index (χ4v) is 2.99. The predicted octanol–water partition coefficient (Wildman–Crippen LogP) is 1.24. The first-order valence-corrected chi connectivity index (χ1v) is 6.70. The van der Waals surface area contributed by atoms with Gasteiger partial charge in [-0.05, 0) is 22.6 Å². The maximum atomic E-state index is 12.0. The molecule has 0 unspecified atom stereocenters. The van der Waals surface area contributed by atoms with E-state index in [2.05, 4.69) is 14.5 Å². The van der Waals surface area contributed by atoms with Crippen LogP contribution in [0.5, 0.6) is 11.8 Å². The van der Waals surface area contributed by atoms with Crippen LogP contribution in [0.15, 0.2) is 11.0 Å². The van der Waals surface area contributed by atoms with Crippen LogP contribution in [0, 0.1) is 3.57 Å². The van der Waals surface area contributed by atoms with E-state index in [0.29, 0.717) is 6.07 Å². The van der Waals surface area contributed by atoms with Crippen LogP contribution in [0.1, 0.15) is 0 Å². The fourth-order valence-electron chi connectivity index (χ4n) is 0.975. The highest BCUT2D eigenvalue weighted by Gasteiger charge is 2.33. The molecule has 1 aromatic heterocycles. The summed E-state index contributed by atoms with van der Waals surface area (Å²) < 4.78 is 66.6. The maximum Gasteiger partial charge on any atom is 0.574 e. The fraction of sp³-hybridized carbons (Fsp3) is 0.286. The Morgan fingerprint density at radius 2 is 2.00 bits per heavy atom. The quantitative estimate of drug-likeness (QED) is 0.774. The first-order valence-electron chi connectivity index (χ1n) is 4.07. The van der Waals surface area contributed by atoms with Gasteiger partial charge in [0.05, 0.1) is 10.7 Å². The molecule has 0 bridgehead atoms. The van der Waals surface area contributed by atoms with Crippen LogP contribution in [0.25, 0.3) is 0 Å². The van der Waals surface area contributed by atoms with Gasteiger partial charge in [-0.3, -0.25) is 0 Å². The van der Waals surface area contributed by atoms with Gasteiger partial charge in [0.2, 0.25) is 21.8 Å². The van der Waals surface area contributed by atoms with Crippen molar-refractivity contribution in [2.45, 2.75) is 11.3 Å². The summed E-state index contributed by atoms with van der Waals surface area (Å²) >= 11 is 1.54. The van der Waals surface area contributed by atoms with Crippen LogP contribution in [-0.4, -0.2) is 26.9 Å². The molecule has 0 fully saturated rings. The number of ether oxygens (including phenoxy) is 2. The second kappa shape index (κ2) is 5.05. The third-order valence-corrected chi connectivity index (χ3v) is 3.93. The molecule has 0 saturated carbocycles. The minimum atomic E-state index is -5.00. The molecule has 18 heavy (non-hydrogen) atoms. The average molecular weight is 398 g/mol. The molecule has 1 heterocycles. The van der Waals surface area contributed by atoms with E-state index in [1.807, 2.05) is 0 Å². The number of methoxy groups -OCH3 is 1. The number of hydrogen-bond acceptors (Lipinski definition) is 5. The Morgan fingerprint density at radius 3 is 2.39 bits per heavy atom. The lowest BCUT2D eigenvalue weighted by Crippen LogP contribution is -2.20. The second-order valence-electron chi connectivity index (χ2n) is 2.87. The molecule has 1 aromatic rings. The van der Waals surface area contributed by atoms with E-state index in [9.17, 15) is 21.6 Å².